The van der Waals surface area contributed by atoms with Gasteiger partial charge in [-0.05, 0) is 30.3 Å². The molecule has 0 radical (unpaired) electrons. The van der Waals surface area contributed by atoms with Gasteiger partial charge >= 0.3 is 5.97 Å². The molecule has 2 aliphatic heterocycles. The van der Waals surface area contributed by atoms with Crippen molar-refractivity contribution < 1.29 is 23.8 Å². The Bertz CT molecular complexity index is 953. The Morgan fingerprint density at radius 2 is 1.85 bits per heavy atom. The van der Waals surface area contributed by atoms with E-state index in [9.17, 15) is 9.59 Å². The van der Waals surface area contributed by atoms with Gasteiger partial charge in [0.25, 0.3) is 5.91 Å². The summed E-state index contributed by atoms with van der Waals surface area (Å²) in [7, 11) is 4.50. The molecule has 0 unspecified atom stereocenters. The molecule has 0 fully saturated rings. The Balaban J connectivity index is 1.84. The van der Waals surface area contributed by atoms with Crippen molar-refractivity contribution in [3.05, 3.63) is 59.7 Å². The second-order valence-corrected chi connectivity index (χ2v) is 6.31. The standard InChI is InChI=1S/C20H18N2O5/c1-22-15-7-5-4-6-14(15)20(19(22)24)16(18(23)26-3)21-17(27-20)12-8-10-13(25-2)11-9-12/h4-11,16H,1-3H3/t16-,20-/m0/s1. The third-order valence-corrected chi connectivity index (χ3v) is 4.94. The third kappa shape index (κ3) is 2.31. The predicted molar refractivity (Wildman–Crippen MR) is 98.0 cm³/mol. The fourth-order valence-electron chi connectivity index (χ4n) is 3.56. The van der Waals surface area contributed by atoms with E-state index in [1.807, 2.05) is 12.1 Å². The first-order valence-corrected chi connectivity index (χ1v) is 8.39. The Labute approximate surface area is 156 Å². The zero-order valence-corrected chi connectivity index (χ0v) is 15.1. The number of methoxy groups -OCH3 is 2. The van der Waals surface area contributed by atoms with Gasteiger partial charge in [0, 0.05) is 18.2 Å². The number of nitrogens with zero attached hydrogens (tertiary/aromatic N) is 2. The largest absolute Gasteiger partial charge is 0.497 e. The van der Waals surface area contributed by atoms with Gasteiger partial charge in [-0.2, -0.15) is 0 Å². The van der Waals surface area contributed by atoms with Crippen LogP contribution in [0.3, 0.4) is 0 Å². The van der Waals surface area contributed by atoms with Crippen molar-refractivity contribution in [1.29, 1.82) is 0 Å². The van der Waals surface area contributed by atoms with Crippen LogP contribution in [-0.4, -0.2) is 45.1 Å². The summed E-state index contributed by atoms with van der Waals surface area (Å²) in [5, 5.41) is 0. The smallest absolute Gasteiger partial charge is 0.335 e. The van der Waals surface area contributed by atoms with Gasteiger partial charge in [-0.15, -0.1) is 0 Å². The van der Waals surface area contributed by atoms with E-state index in [0.29, 0.717) is 22.6 Å². The van der Waals surface area contributed by atoms with Crippen LogP contribution in [0.15, 0.2) is 53.5 Å². The zero-order chi connectivity index (χ0) is 19.2. The minimum Gasteiger partial charge on any atom is -0.497 e. The highest BCUT2D eigenvalue weighted by atomic mass is 16.6. The van der Waals surface area contributed by atoms with Crippen LogP contribution in [0, 0.1) is 0 Å². The number of amides is 1. The maximum atomic E-state index is 13.2. The van der Waals surface area contributed by atoms with Crippen LogP contribution in [-0.2, 0) is 24.7 Å². The summed E-state index contributed by atoms with van der Waals surface area (Å²) in [5.41, 5.74) is 0.359. The molecule has 2 atom stereocenters. The number of carbonyl (C=O) groups excluding carboxylic acids is 2. The maximum Gasteiger partial charge on any atom is 0.335 e. The van der Waals surface area contributed by atoms with E-state index < -0.39 is 17.6 Å². The summed E-state index contributed by atoms with van der Waals surface area (Å²) < 4.78 is 16.2. The molecule has 1 amide bonds. The molecule has 2 aromatic rings. The van der Waals surface area contributed by atoms with Crippen molar-refractivity contribution in [3.63, 3.8) is 0 Å². The molecule has 0 saturated heterocycles. The molecule has 4 rings (SSSR count). The van der Waals surface area contributed by atoms with E-state index in [4.69, 9.17) is 14.2 Å². The Morgan fingerprint density at radius 3 is 2.52 bits per heavy atom. The first kappa shape index (κ1) is 17.1. The first-order valence-electron chi connectivity index (χ1n) is 8.39. The number of anilines is 1. The Morgan fingerprint density at radius 1 is 1.15 bits per heavy atom. The van der Waals surface area contributed by atoms with Crippen molar-refractivity contribution >= 4 is 23.5 Å². The number of rotatable bonds is 3. The fraction of sp³-hybridized carbons (Fsp3) is 0.250. The van der Waals surface area contributed by atoms with Gasteiger partial charge in [-0.3, -0.25) is 4.79 Å². The fourth-order valence-corrected chi connectivity index (χ4v) is 3.56. The molecule has 2 aliphatic rings. The van der Waals surface area contributed by atoms with E-state index in [-0.39, 0.29) is 11.8 Å². The second kappa shape index (κ2) is 6.12. The third-order valence-electron chi connectivity index (χ3n) is 4.94. The van der Waals surface area contributed by atoms with Gasteiger partial charge in [0.1, 0.15) is 5.75 Å². The molecular weight excluding hydrogens is 348 g/mol. The minimum atomic E-state index is -1.56. The van der Waals surface area contributed by atoms with Crippen molar-refractivity contribution in [1.82, 2.24) is 0 Å². The Kier molecular flexibility index (Phi) is 3.87. The molecule has 0 N–H and O–H groups in total. The van der Waals surface area contributed by atoms with Crippen molar-refractivity contribution in [2.75, 3.05) is 26.2 Å². The molecule has 0 aliphatic carbocycles. The van der Waals surface area contributed by atoms with Crippen LogP contribution >= 0.6 is 0 Å². The van der Waals surface area contributed by atoms with Gasteiger partial charge in [-0.25, -0.2) is 9.79 Å². The Hall–Kier alpha value is -3.35. The molecule has 2 heterocycles. The van der Waals surface area contributed by atoms with Gasteiger partial charge in [0.2, 0.25) is 17.5 Å². The zero-order valence-electron chi connectivity index (χ0n) is 15.1. The number of esters is 1. The number of likely N-dealkylation sites (N-methyl/N-ethyl adjacent to an activating group) is 1. The van der Waals surface area contributed by atoms with Crippen molar-refractivity contribution in [2.45, 2.75) is 11.6 Å². The number of benzene rings is 2. The lowest BCUT2D eigenvalue weighted by molar-refractivity contribution is -0.152. The SMILES string of the molecule is COC(=O)[C@@H]1N=C(c2ccc(OC)cc2)O[C@]12C(=O)N(C)c1ccccc12. The lowest BCUT2D eigenvalue weighted by atomic mass is 9.88. The van der Waals surface area contributed by atoms with Gasteiger partial charge < -0.3 is 19.1 Å². The van der Waals surface area contributed by atoms with Gasteiger partial charge in [-0.1, -0.05) is 18.2 Å². The summed E-state index contributed by atoms with van der Waals surface area (Å²) in [6.45, 7) is 0. The molecular formula is C20H18N2O5. The summed E-state index contributed by atoms with van der Waals surface area (Å²) in [4.78, 5) is 31.6. The number of fused-ring (bicyclic) bond motifs is 2. The number of hydrogen-bond donors (Lipinski definition) is 0. The maximum absolute atomic E-state index is 13.2. The normalized spacial score (nSPS) is 23.1. The number of hydrogen-bond acceptors (Lipinski definition) is 6. The molecule has 1 spiro atoms. The number of para-hydroxylation sites is 1. The monoisotopic (exact) mass is 366 g/mol. The van der Waals surface area contributed by atoms with E-state index in [1.165, 1.54) is 12.0 Å². The highest BCUT2D eigenvalue weighted by Crippen LogP contribution is 2.48. The molecule has 2 aromatic carbocycles. The van der Waals surface area contributed by atoms with Crippen molar-refractivity contribution in [2.24, 2.45) is 4.99 Å². The molecule has 0 bridgehead atoms. The van der Waals surface area contributed by atoms with E-state index in [0.717, 1.165) is 0 Å². The van der Waals surface area contributed by atoms with E-state index in [1.54, 1.807) is 50.6 Å². The average Bonchev–Trinajstić information content (AvgIpc) is 3.22. The van der Waals surface area contributed by atoms with Crippen molar-refractivity contribution in [3.8, 4) is 5.75 Å². The molecule has 7 heteroatoms. The highest BCUT2D eigenvalue weighted by molar-refractivity contribution is 6.14. The van der Waals surface area contributed by atoms with Crippen LogP contribution in [0.2, 0.25) is 0 Å². The van der Waals surface area contributed by atoms with Crippen LogP contribution in [0.1, 0.15) is 11.1 Å². The van der Waals surface area contributed by atoms with Crippen LogP contribution < -0.4 is 9.64 Å². The number of aliphatic imine (C=N–C) groups is 1. The topological polar surface area (TPSA) is 77.4 Å². The number of ether oxygens (including phenoxy) is 3. The quantitative estimate of drug-likeness (QED) is 0.775. The van der Waals surface area contributed by atoms with Crippen LogP contribution in [0.5, 0.6) is 5.75 Å². The second-order valence-electron chi connectivity index (χ2n) is 6.31. The van der Waals surface area contributed by atoms with E-state index >= 15 is 0 Å². The minimum absolute atomic E-state index is 0.214. The molecule has 138 valence electrons. The molecule has 0 aromatic heterocycles. The highest BCUT2D eigenvalue weighted by Gasteiger charge is 2.64. The molecule has 7 nitrogen and oxygen atoms in total. The van der Waals surface area contributed by atoms with Gasteiger partial charge in [0.05, 0.1) is 19.9 Å². The summed E-state index contributed by atoms with van der Waals surface area (Å²) in [5.74, 6) is -0.0894. The molecule has 27 heavy (non-hydrogen) atoms. The van der Waals surface area contributed by atoms with Crippen LogP contribution in [0.4, 0.5) is 5.69 Å². The summed E-state index contributed by atoms with van der Waals surface area (Å²) in [6, 6.07) is 13.1. The predicted octanol–water partition coefficient (Wildman–Crippen LogP) is 1.89. The lowest BCUT2D eigenvalue weighted by Gasteiger charge is -2.26. The lowest BCUT2D eigenvalue weighted by Crippen LogP contribution is -2.50. The van der Waals surface area contributed by atoms with Gasteiger partial charge in [0.15, 0.2) is 0 Å². The number of carbonyl (C=O) groups is 2. The average molecular weight is 366 g/mol. The van der Waals surface area contributed by atoms with E-state index in [2.05, 4.69) is 4.99 Å². The molecule has 0 saturated carbocycles. The van der Waals surface area contributed by atoms with Crippen LogP contribution in [0.25, 0.3) is 0 Å². The summed E-state index contributed by atoms with van der Waals surface area (Å²) >= 11 is 0. The first-order chi connectivity index (χ1) is 13.0. The summed E-state index contributed by atoms with van der Waals surface area (Å²) in [6.07, 6.45) is 0.